The molecule has 1 aromatic carbocycles. The predicted molar refractivity (Wildman–Crippen MR) is 150 cm³/mol. The standard InChI is InChI=1S/C32H28N6/c1-21-27(35-19-33-21)7-3-23-9-13-37-15-11-25-5-6-26-12-16-38-14-10-24(4-8-28-22(2)34-20-36-28)18-30(38)32(26)31(25)29(37)17-23/h3-10,13-14,17-20H,11-12,15-16H2,1-2H3/p+2. The monoisotopic (exact) mass is 498 g/mol. The Bertz CT molecular complexity index is 1620. The molecule has 0 fully saturated rings. The van der Waals surface area contributed by atoms with Crippen LogP contribution in [0.3, 0.4) is 0 Å². The molecule has 0 radical (unpaired) electrons. The van der Waals surface area contributed by atoms with Crippen molar-refractivity contribution in [3.05, 3.63) is 106 Å². The highest BCUT2D eigenvalue weighted by Crippen LogP contribution is 2.39. The Labute approximate surface area is 222 Å². The lowest BCUT2D eigenvalue weighted by atomic mass is 9.84. The molecule has 5 aromatic rings. The topological polar surface area (TPSA) is 65.1 Å². The Morgan fingerprint density at radius 2 is 1.13 bits per heavy atom. The van der Waals surface area contributed by atoms with Crippen molar-refractivity contribution < 1.29 is 9.13 Å². The fourth-order valence-electron chi connectivity index (χ4n) is 5.72. The highest BCUT2D eigenvalue weighted by molar-refractivity contribution is 5.86. The van der Waals surface area contributed by atoms with Gasteiger partial charge in [-0.25, -0.2) is 9.97 Å². The molecule has 6 heteroatoms. The largest absolute Gasteiger partial charge is 0.348 e. The number of aromatic nitrogens is 6. The molecule has 0 aliphatic carbocycles. The van der Waals surface area contributed by atoms with Crippen LogP contribution in [-0.4, -0.2) is 19.9 Å². The number of fused-ring (bicyclic) bond motifs is 7. The first-order valence-corrected chi connectivity index (χ1v) is 13.2. The molecule has 7 rings (SSSR count). The van der Waals surface area contributed by atoms with E-state index in [2.05, 4.69) is 102 Å². The Morgan fingerprint density at radius 1 is 0.658 bits per heavy atom. The van der Waals surface area contributed by atoms with Crippen molar-refractivity contribution in [2.45, 2.75) is 39.8 Å². The molecule has 38 heavy (non-hydrogen) atoms. The number of imidazole rings is 2. The summed E-state index contributed by atoms with van der Waals surface area (Å²) in [6, 6.07) is 13.8. The number of aromatic amines is 2. The summed E-state index contributed by atoms with van der Waals surface area (Å²) >= 11 is 0. The predicted octanol–water partition coefficient (Wildman–Crippen LogP) is 5.11. The van der Waals surface area contributed by atoms with Gasteiger partial charge in [0.15, 0.2) is 25.5 Å². The SMILES string of the molecule is Cc1[nH]cnc1/C=C/c1cc[n+]2c(c1)-c1c(ccc3c1-c1cc(/C=C/c4nc[nH]c4C)cc[n+]1CC3)CC2. The second kappa shape index (κ2) is 9.06. The van der Waals surface area contributed by atoms with Gasteiger partial charge in [0, 0.05) is 48.5 Å². The Kier molecular flexibility index (Phi) is 5.39. The van der Waals surface area contributed by atoms with Crippen LogP contribution in [0.5, 0.6) is 0 Å². The van der Waals surface area contributed by atoms with E-state index in [0.717, 1.165) is 48.7 Å². The minimum absolute atomic E-state index is 0.976. The van der Waals surface area contributed by atoms with Gasteiger partial charge in [-0.1, -0.05) is 24.3 Å². The molecule has 0 atom stereocenters. The Balaban J connectivity index is 1.34. The third-order valence-corrected chi connectivity index (χ3v) is 7.86. The van der Waals surface area contributed by atoms with E-state index in [1.165, 1.54) is 44.8 Å². The molecule has 0 spiro atoms. The van der Waals surface area contributed by atoms with Gasteiger partial charge < -0.3 is 9.97 Å². The average Bonchev–Trinajstić information content (AvgIpc) is 3.56. The maximum atomic E-state index is 4.42. The maximum Gasteiger partial charge on any atom is 0.214 e. The van der Waals surface area contributed by atoms with Gasteiger partial charge in [-0.05, 0) is 48.3 Å². The molecule has 0 unspecified atom stereocenters. The number of benzene rings is 1. The first-order valence-electron chi connectivity index (χ1n) is 13.2. The van der Waals surface area contributed by atoms with Crippen molar-refractivity contribution in [1.82, 2.24) is 19.9 Å². The number of hydrogen-bond acceptors (Lipinski definition) is 2. The molecule has 2 aliphatic heterocycles. The fraction of sp³-hybridized carbons (Fsp3) is 0.188. The van der Waals surface area contributed by atoms with Gasteiger partial charge in [-0.3, -0.25) is 0 Å². The van der Waals surface area contributed by atoms with Crippen LogP contribution < -0.4 is 9.13 Å². The Morgan fingerprint density at radius 3 is 1.55 bits per heavy atom. The summed E-state index contributed by atoms with van der Waals surface area (Å²) in [6.45, 7) is 6.09. The molecular formula is C32H30N6+2. The number of aryl methyl sites for hydroxylation is 6. The van der Waals surface area contributed by atoms with Crippen molar-refractivity contribution in [3.63, 3.8) is 0 Å². The molecule has 2 aliphatic rings. The maximum absolute atomic E-state index is 4.42. The number of rotatable bonds is 4. The summed E-state index contributed by atoms with van der Waals surface area (Å²) in [5, 5.41) is 0. The van der Waals surface area contributed by atoms with E-state index in [9.17, 15) is 0 Å². The normalized spacial score (nSPS) is 13.9. The molecule has 186 valence electrons. The quantitative estimate of drug-likeness (QED) is 0.338. The first-order chi connectivity index (χ1) is 18.6. The molecule has 6 heterocycles. The van der Waals surface area contributed by atoms with Gasteiger partial charge in [0.25, 0.3) is 0 Å². The zero-order valence-electron chi connectivity index (χ0n) is 21.7. The van der Waals surface area contributed by atoms with Crippen molar-refractivity contribution in [2.24, 2.45) is 0 Å². The smallest absolute Gasteiger partial charge is 0.214 e. The first kappa shape index (κ1) is 22.6. The molecule has 6 nitrogen and oxygen atoms in total. The zero-order valence-corrected chi connectivity index (χ0v) is 21.7. The van der Waals surface area contributed by atoms with E-state index in [1.54, 1.807) is 12.7 Å². The molecule has 0 saturated heterocycles. The minimum Gasteiger partial charge on any atom is -0.348 e. The van der Waals surface area contributed by atoms with Crippen molar-refractivity contribution >= 4 is 24.3 Å². The summed E-state index contributed by atoms with van der Waals surface area (Å²) in [5.74, 6) is 0. The van der Waals surface area contributed by atoms with Gasteiger partial charge in [0.2, 0.25) is 11.4 Å². The second-order valence-corrected chi connectivity index (χ2v) is 10.2. The van der Waals surface area contributed by atoms with Crippen molar-refractivity contribution in [1.29, 1.82) is 0 Å². The second-order valence-electron chi connectivity index (χ2n) is 10.2. The summed E-state index contributed by atoms with van der Waals surface area (Å²) in [7, 11) is 0. The van der Waals surface area contributed by atoms with Gasteiger partial charge in [0.05, 0.1) is 35.2 Å². The highest BCUT2D eigenvalue weighted by Gasteiger charge is 2.33. The van der Waals surface area contributed by atoms with E-state index in [4.69, 9.17) is 0 Å². The minimum atomic E-state index is 0.976. The third-order valence-electron chi connectivity index (χ3n) is 7.86. The number of H-pyrrole nitrogens is 2. The summed E-state index contributed by atoms with van der Waals surface area (Å²) in [6.07, 6.45) is 18.5. The van der Waals surface area contributed by atoms with Crippen LogP contribution in [0, 0.1) is 13.8 Å². The highest BCUT2D eigenvalue weighted by atomic mass is 15.0. The number of nitrogens with zero attached hydrogens (tertiary/aromatic N) is 4. The summed E-state index contributed by atoms with van der Waals surface area (Å²) < 4.78 is 4.81. The molecule has 4 aromatic heterocycles. The molecule has 0 bridgehead atoms. The van der Waals surface area contributed by atoms with Gasteiger partial charge in [-0.2, -0.15) is 9.13 Å². The molecule has 0 saturated carbocycles. The van der Waals surface area contributed by atoms with Crippen LogP contribution in [0.15, 0.2) is 61.4 Å². The van der Waals surface area contributed by atoms with Crippen LogP contribution in [-0.2, 0) is 25.9 Å². The van der Waals surface area contributed by atoms with E-state index in [1.807, 2.05) is 13.8 Å². The van der Waals surface area contributed by atoms with E-state index < -0.39 is 0 Å². The summed E-state index contributed by atoms with van der Waals surface area (Å²) in [5.41, 5.74) is 14.6. The number of nitrogens with one attached hydrogen (secondary N) is 2. The fourth-order valence-corrected chi connectivity index (χ4v) is 5.72. The van der Waals surface area contributed by atoms with Crippen LogP contribution in [0.4, 0.5) is 0 Å². The lowest BCUT2D eigenvalue weighted by Gasteiger charge is -2.23. The van der Waals surface area contributed by atoms with Gasteiger partial charge >= 0.3 is 0 Å². The lowest BCUT2D eigenvalue weighted by molar-refractivity contribution is -0.689. The van der Waals surface area contributed by atoms with Crippen molar-refractivity contribution in [2.75, 3.05) is 0 Å². The van der Waals surface area contributed by atoms with Crippen LogP contribution >= 0.6 is 0 Å². The van der Waals surface area contributed by atoms with E-state index in [-0.39, 0.29) is 0 Å². The Hall–Kier alpha value is -4.58. The van der Waals surface area contributed by atoms with Crippen LogP contribution in [0.25, 0.3) is 46.8 Å². The number of pyridine rings is 2. The van der Waals surface area contributed by atoms with Crippen LogP contribution in [0.1, 0.15) is 45.0 Å². The van der Waals surface area contributed by atoms with E-state index in [0.29, 0.717) is 0 Å². The zero-order chi connectivity index (χ0) is 25.6. The average molecular weight is 499 g/mol. The number of hydrogen-bond donors (Lipinski definition) is 2. The summed E-state index contributed by atoms with van der Waals surface area (Å²) in [4.78, 5) is 15.2. The molecule has 2 N–H and O–H groups in total. The lowest BCUT2D eigenvalue weighted by Crippen LogP contribution is -2.43. The third kappa shape index (κ3) is 3.89. The molecular weight excluding hydrogens is 468 g/mol. The molecule has 0 amide bonds. The van der Waals surface area contributed by atoms with Gasteiger partial charge in [-0.15, -0.1) is 0 Å². The van der Waals surface area contributed by atoms with E-state index >= 15 is 0 Å². The van der Waals surface area contributed by atoms with Crippen LogP contribution in [0.2, 0.25) is 0 Å². The van der Waals surface area contributed by atoms with Crippen molar-refractivity contribution in [3.8, 4) is 22.5 Å². The van der Waals surface area contributed by atoms with Gasteiger partial charge in [0.1, 0.15) is 0 Å².